The molecule has 0 atom stereocenters. The molecular weight excluding hydrogens is 276 g/mol. The third-order valence-electron chi connectivity index (χ3n) is 3.18. The fraction of sp³-hybridized carbons (Fsp3) is 0.0556. The molecule has 0 unspecified atom stereocenters. The number of carbonyl (C=O) groups excluding carboxylic acids is 1. The van der Waals surface area contributed by atoms with Crippen LogP contribution in [0.1, 0.15) is 21.5 Å². The summed E-state index contributed by atoms with van der Waals surface area (Å²) in [6.45, 7) is 0. The molecule has 22 heavy (non-hydrogen) atoms. The lowest BCUT2D eigenvalue weighted by Crippen LogP contribution is -2.06. The van der Waals surface area contributed by atoms with Gasteiger partial charge in [0.1, 0.15) is 6.29 Å². The van der Waals surface area contributed by atoms with Crippen molar-refractivity contribution in [1.29, 1.82) is 10.8 Å². The number of benzene rings is 2. The van der Waals surface area contributed by atoms with Gasteiger partial charge in [-0.3, -0.25) is 15.6 Å². The van der Waals surface area contributed by atoms with Crippen molar-refractivity contribution in [1.82, 2.24) is 0 Å². The molecule has 0 bridgehead atoms. The summed E-state index contributed by atoms with van der Waals surface area (Å²) in [5, 5.41) is 16.1. The Hall–Kier alpha value is -3.01. The van der Waals surface area contributed by atoms with E-state index in [0.717, 1.165) is 11.8 Å². The lowest BCUT2D eigenvalue weighted by Gasteiger charge is -2.11. The van der Waals surface area contributed by atoms with Gasteiger partial charge in [0.05, 0.1) is 12.8 Å². The van der Waals surface area contributed by atoms with E-state index < -0.39 is 0 Å². The highest BCUT2D eigenvalue weighted by Gasteiger charge is 2.11. The van der Waals surface area contributed by atoms with E-state index in [9.17, 15) is 4.79 Å². The Morgan fingerprint density at radius 2 is 1.59 bits per heavy atom. The van der Waals surface area contributed by atoms with Crippen LogP contribution in [-0.2, 0) is 4.74 Å². The molecule has 0 amide bonds. The summed E-state index contributed by atoms with van der Waals surface area (Å²) < 4.78 is 4.89. The summed E-state index contributed by atoms with van der Waals surface area (Å²) in [6.07, 6.45) is 2.28. The van der Waals surface area contributed by atoms with Crippen molar-refractivity contribution in [2.45, 2.75) is 0 Å². The van der Waals surface area contributed by atoms with E-state index in [1.165, 1.54) is 13.2 Å². The van der Waals surface area contributed by atoms with Crippen molar-refractivity contribution in [2.75, 3.05) is 7.11 Å². The second-order valence-electron chi connectivity index (χ2n) is 4.61. The number of methoxy groups -OCH3 is 1. The fourth-order valence-corrected chi connectivity index (χ4v) is 1.99. The van der Waals surface area contributed by atoms with Gasteiger partial charge in [-0.2, -0.15) is 0 Å². The zero-order valence-electron chi connectivity index (χ0n) is 12.2. The highest BCUT2D eigenvalue weighted by molar-refractivity contribution is 6.32. The number of allylic oxidation sites excluding steroid dienone is 1. The minimum atomic E-state index is -0.0203. The third kappa shape index (κ3) is 3.55. The molecule has 0 aliphatic carbocycles. The van der Waals surface area contributed by atoms with Gasteiger partial charge in [-0.05, 0) is 5.56 Å². The van der Waals surface area contributed by atoms with Gasteiger partial charge >= 0.3 is 0 Å². The van der Waals surface area contributed by atoms with Gasteiger partial charge in [-0.1, -0.05) is 54.6 Å². The van der Waals surface area contributed by atoms with E-state index in [-0.39, 0.29) is 11.6 Å². The largest absolute Gasteiger partial charge is 0.481 e. The van der Waals surface area contributed by atoms with Crippen LogP contribution in [0.3, 0.4) is 0 Å². The van der Waals surface area contributed by atoms with E-state index in [4.69, 9.17) is 15.6 Å². The molecule has 2 aromatic rings. The molecule has 0 radical (unpaired) electrons. The van der Waals surface area contributed by atoms with Crippen molar-refractivity contribution < 1.29 is 9.53 Å². The fourth-order valence-electron chi connectivity index (χ4n) is 1.99. The maximum atomic E-state index is 10.7. The number of ether oxygens (including phenoxy) is 1. The zero-order valence-corrected chi connectivity index (χ0v) is 12.2. The quantitative estimate of drug-likeness (QED) is 0.502. The molecule has 0 aliphatic heterocycles. The van der Waals surface area contributed by atoms with Crippen LogP contribution in [0, 0.1) is 10.8 Å². The molecule has 2 aromatic carbocycles. The topological polar surface area (TPSA) is 74.0 Å². The van der Waals surface area contributed by atoms with Gasteiger partial charge in [-0.15, -0.1) is 0 Å². The summed E-state index contributed by atoms with van der Waals surface area (Å²) in [5.74, 6) is -0.0203. The minimum absolute atomic E-state index is 0.0203. The predicted octanol–water partition coefficient (Wildman–Crippen LogP) is 3.57. The Labute approximate surface area is 129 Å². The Bertz CT molecular complexity index is 717. The van der Waals surface area contributed by atoms with E-state index in [2.05, 4.69) is 0 Å². The molecule has 2 N–H and O–H groups in total. The molecular formula is C18H16N2O2. The van der Waals surface area contributed by atoms with Gasteiger partial charge in [0.25, 0.3) is 0 Å². The molecule has 0 aromatic heterocycles. The first kappa shape index (κ1) is 15.4. The molecule has 4 heteroatoms. The highest BCUT2D eigenvalue weighted by atomic mass is 16.5. The molecule has 0 aliphatic rings. The summed E-state index contributed by atoms with van der Waals surface area (Å²) in [4.78, 5) is 10.7. The molecule has 0 saturated heterocycles. The van der Waals surface area contributed by atoms with Crippen molar-refractivity contribution in [3.05, 3.63) is 77.4 Å². The normalized spacial score (nSPS) is 10.9. The second kappa shape index (κ2) is 7.13. The molecule has 0 fully saturated rings. The summed E-state index contributed by atoms with van der Waals surface area (Å²) in [6, 6.07) is 16.2. The molecule has 4 nitrogen and oxygen atoms in total. The van der Waals surface area contributed by atoms with Gasteiger partial charge in [0.2, 0.25) is 5.90 Å². The number of carbonyl (C=O) groups is 1. The van der Waals surface area contributed by atoms with Crippen LogP contribution < -0.4 is 0 Å². The second-order valence-corrected chi connectivity index (χ2v) is 4.61. The van der Waals surface area contributed by atoms with Crippen LogP contribution in [0.25, 0.3) is 5.57 Å². The number of aldehydes is 1. The van der Waals surface area contributed by atoms with Crippen molar-refractivity contribution in [3.8, 4) is 0 Å². The SMILES string of the molecule is COC(=N)/C=C(\C(=N)c1ccc(C=O)cc1)c1ccccc1. The van der Waals surface area contributed by atoms with Crippen molar-refractivity contribution in [2.24, 2.45) is 0 Å². The Kier molecular flexibility index (Phi) is 4.98. The smallest absolute Gasteiger partial charge is 0.206 e. The first-order chi connectivity index (χ1) is 10.7. The van der Waals surface area contributed by atoms with E-state index in [1.54, 1.807) is 24.3 Å². The average Bonchev–Trinajstić information content (AvgIpc) is 2.59. The van der Waals surface area contributed by atoms with E-state index >= 15 is 0 Å². The lowest BCUT2D eigenvalue weighted by atomic mass is 9.95. The van der Waals surface area contributed by atoms with E-state index in [1.807, 2.05) is 30.3 Å². The van der Waals surface area contributed by atoms with Crippen LogP contribution in [0.4, 0.5) is 0 Å². The van der Waals surface area contributed by atoms with Crippen LogP contribution >= 0.6 is 0 Å². The standard InChI is InChI=1S/C18H16N2O2/c1-22-17(19)11-16(14-5-3-2-4-6-14)18(20)15-9-7-13(12-21)8-10-15/h2-12,19-20H,1H3/b16-11-,19-17?,20-18?. The molecule has 0 heterocycles. The summed E-state index contributed by atoms with van der Waals surface area (Å²) in [7, 11) is 1.42. The van der Waals surface area contributed by atoms with Crippen LogP contribution in [0.15, 0.2) is 60.7 Å². The predicted molar refractivity (Wildman–Crippen MR) is 87.8 cm³/mol. The van der Waals surface area contributed by atoms with Gasteiger partial charge in [0.15, 0.2) is 0 Å². The number of hydrogen-bond acceptors (Lipinski definition) is 4. The molecule has 0 saturated carbocycles. The number of hydrogen-bond donors (Lipinski definition) is 2. The zero-order chi connectivity index (χ0) is 15.9. The molecule has 0 spiro atoms. The van der Waals surface area contributed by atoms with Gasteiger partial charge < -0.3 is 4.74 Å². The highest BCUT2D eigenvalue weighted by Crippen LogP contribution is 2.20. The van der Waals surface area contributed by atoms with Gasteiger partial charge in [-0.25, -0.2) is 0 Å². The number of rotatable bonds is 5. The van der Waals surface area contributed by atoms with E-state index in [0.29, 0.717) is 16.7 Å². The van der Waals surface area contributed by atoms with Crippen LogP contribution in [0.5, 0.6) is 0 Å². The summed E-state index contributed by atoms with van der Waals surface area (Å²) >= 11 is 0. The average molecular weight is 292 g/mol. The molecule has 110 valence electrons. The van der Waals surface area contributed by atoms with Gasteiger partial charge in [0, 0.05) is 22.8 Å². The maximum absolute atomic E-state index is 10.7. The Morgan fingerprint density at radius 1 is 0.955 bits per heavy atom. The Morgan fingerprint density at radius 3 is 2.14 bits per heavy atom. The Balaban J connectivity index is 2.44. The first-order valence-corrected chi connectivity index (χ1v) is 6.70. The van der Waals surface area contributed by atoms with Crippen molar-refractivity contribution in [3.63, 3.8) is 0 Å². The monoisotopic (exact) mass is 292 g/mol. The maximum Gasteiger partial charge on any atom is 0.206 e. The van der Waals surface area contributed by atoms with Crippen LogP contribution in [0.2, 0.25) is 0 Å². The third-order valence-corrected chi connectivity index (χ3v) is 3.18. The lowest BCUT2D eigenvalue weighted by molar-refractivity contribution is 0.112. The first-order valence-electron chi connectivity index (χ1n) is 6.70. The van der Waals surface area contributed by atoms with Crippen molar-refractivity contribution >= 4 is 23.5 Å². The molecule has 2 rings (SSSR count). The summed E-state index contributed by atoms with van der Waals surface area (Å²) in [5.41, 5.74) is 2.92. The minimum Gasteiger partial charge on any atom is -0.481 e. The number of nitrogens with one attached hydrogen (secondary N) is 2. The van der Waals surface area contributed by atoms with Crippen LogP contribution in [-0.4, -0.2) is 25.0 Å².